The van der Waals surface area contributed by atoms with Crippen molar-refractivity contribution >= 4 is 35.2 Å². The van der Waals surface area contributed by atoms with Gasteiger partial charge in [0, 0.05) is 24.7 Å². The molecule has 1 aromatic heterocycles. The second kappa shape index (κ2) is 5.84. The summed E-state index contributed by atoms with van der Waals surface area (Å²) in [4.78, 5) is 28.7. The Morgan fingerprint density at radius 2 is 2.19 bits per heavy atom. The highest BCUT2D eigenvalue weighted by Gasteiger charge is 2.49. The minimum atomic E-state index is -0.872. The van der Waals surface area contributed by atoms with E-state index in [-0.39, 0.29) is 6.42 Å². The second-order valence-electron chi connectivity index (χ2n) is 5.99. The number of hydrogen-bond acceptors (Lipinski definition) is 6. The van der Waals surface area contributed by atoms with Crippen LogP contribution in [0.25, 0.3) is 0 Å². The van der Waals surface area contributed by atoms with Gasteiger partial charge in [0.15, 0.2) is 0 Å². The summed E-state index contributed by atoms with van der Waals surface area (Å²) in [6, 6.07) is 0. The third-order valence-electron chi connectivity index (χ3n) is 2.80. The maximum atomic E-state index is 12.0. The van der Waals surface area contributed by atoms with Gasteiger partial charge in [-0.2, -0.15) is 0 Å². The highest BCUT2D eigenvalue weighted by atomic mass is 32.2. The Hall–Kier alpha value is -1.28. The molecule has 0 unspecified atom stereocenters. The molecule has 0 aliphatic carbocycles. The molecule has 8 heteroatoms. The van der Waals surface area contributed by atoms with Crippen molar-refractivity contribution in [1.82, 2.24) is 9.88 Å². The van der Waals surface area contributed by atoms with Gasteiger partial charge in [-0.1, -0.05) is 11.8 Å². The Bertz CT molecular complexity index is 519. The predicted octanol–water partition coefficient (Wildman–Crippen LogP) is 2.70. The minimum absolute atomic E-state index is 0.00343. The van der Waals surface area contributed by atoms with Crippen LogP contribution in [0.2, 0.25) is 0 Å². The van der Waals surface area contributed by atoms with Gasteiger partial charge >= 0.3 is 12.1 Å². The summed E-state index contributed by atoms with van der Waals surface area (Å²) < 4.78 is 5.60. The molecule has 1 aliphatic heterocycles. The minimum Gasteiger partial charge on any atom is -0.481 e. The van der Waals surface area contributed by atoms with E-state index in [1.165, 1.54) is 28.0 Å². The van der Waals surface area contributed by atoms with Crippen LogP contribution in [0, 0.1) is 0 Å². The standard InChI is InChI=1S/C13H18N2O4S2/c1-12(2,3)19-11(18)15-7-13(8-15,6-9(16)17)21-10-14-4-5-20-10/h4-5H,6-8H2,1-3H3,(H,16,17). The largest absolute Gasteiger partial charge is 0.481 e. The van der Waals surface area contributed by atoms with Crippen LogP contribution in [0.5, 0.6) is 0 Å². The number of carboxylic acids is 1. The molecule has 0 spiro atoms. The van der Waals surface area contributed by atoms with E-state index in [2.05, 4.69) is 4.98 Å². The van der Waals surface area contributed by atoms with Gasteiger partial charge in [0.25, 0.3) is 0 Å². The topological polar surface area (TPSA) is 79.7 Å². The lowest BCUT2D eigenvalue weighted by Gasteiger charge is -2.48. The molecule has 0 bridgehead atoms. The zero-order valence-electron chi connectivity index (χ0n) is 12.2. The van der Waals surface area contributed by atoms with Gasteiger partial charge < -0.3 is 14.7 Å². The Kier molecular flexibility index (Phi) is 4.48. The van der Waals surface area contributed by atoms with Gasteiger partial charge in [0.2, 0.25) is 0 Å². The quantitative estimate of drug-likeness (QED) is 0.914. The number of thioether (sulfide) groups is 1. The van der Waals surface area contributed by atoms with E-state index in [0.29, 0.717) is 13.1 Å². The fourth-order valence-corrected chi connectivity index (χ4v) is 4.41. The van der Waals surface area contributed by atoms with Crippen LogP contribution in [0.4, 0.5) is 4.79 Å². The number of likely N-dealkylation sites (tertiary alicyclic amines) is 1. The summed E-state index contributed by atoms with van der Waals surface area (Å²) in [6.45, 7) is 6.13. The molecule has 6 nitrogen and oxygen atoms in total. The van der Waals surface area contributed by atoms with Gasteiger partial charge in [0.1, 0.15) is 9.94 Å². The van der Waals surface area contributed by atoms with Gasteiger partial charge in [-0.15, -0.1) is 11.3 Å². The third kappa shape index (κ3) is 4.34. The fraction of sp³-hybridized carbons (Fsp3) is 0.615. The first kappa shape index (κ1) is 16.1. The highest BCUT2D eigenvalue weighted by Crippen LogP contribution is 2.43. The van der Waals surface area contributed by atoms with Crippen LogP contribution in [-0.2, 0) is 9.53 Å². The van der Waals surface area contributed by atoms with Gasteiger partial charge in [-0.3, -0.25) is 4.79 Å². The normalized spacial score (nSPS) is 17.2. The van der Waals surface area contributed by atoms with Gasteiger partial charge in [-0.05, 0) is 20.8 Å². The summed E-state index contributed by atoms with van der Waals surface area (Å²) in [5.41, 5.74) is -0.551. The Morgan fingerprint density at radius 3 is 2.67 bits per heavy atom. The maximum Gasteiger partial charge on any atom is 0.410 e. The number of amides is 1. The number of hydrogen-bond donors (Lipinski definition) is 1. The lowest BCUT2D eigenvalue weighted by atomic mass is 9.95. The maximum absolute atomic E-state index is 12.0. The second-order valence-corrected chi connectivity index (χ2v) is 8.60. The number of carbonyl (C=O) groups excluding carboxylic acids is 1. The van der Waals surface area contributed by atoms with Crippen molar-refractivity contribution in [3.8, 4) is 0 Å². The zero-order valence-corrected chi connectivity index (χ0v) is 13.8. The van der Waals surface area contributed by atoms with Crippen molar-refractivity contribution in [2.75, 3.05) is 13.1 Å². The van der Waals surface area contributed by atoms with Crippen LogP contribution in [0.1, 0.15) is 27.2 Å². The number of thiazole rings is 1. The monoisotopic (exact) mass is 330 g/mol. The van der Waals surface area contributed by atoms with E-state index in [1.54, 1.807) is 27.0 Å². The molecule has 0 atom stereocenters. The van der Waals surface area contributed by atoms with Crippen molar-refractivity contribution in [1.29, 1.82) is 0 Å². The highest BCUT2D eigenvalue weighted by molar-refractivity contribution is 8.02. The first-order valence-electron chi connectivity index (χ1n) is 6.47. The number of carboxylic acid groups (broad SMARTS) is 1. The Morgan fingerprint density at radius 1 is 1.52 bits per heavy atom. The van der Waals surface area contributed by atoms with Crippen molar-refractivity contribution in [3.63, 3.8) is 0 Å². The van der Waals surface area contributed by atoms with Crippen molar-refractivity contribution in [2.24, 2.45) is 0 Å². The average molecular weight is 330 g/mol. The van der Waals surface area contributed by atoms with Crippen LogP contribution in [0.3, 0.4) is 0 Å². The molecular formula is C13H18N2O4S2. The van der Waals surface area contributed by atoms with E-state index in [0.717, 1.165) is 4.34 Å². The molecule has 1 N–H and O–H groups in total. The zero-order chi connectivity index (χ0) is 15.7. The number of aromatic nitrogens is 1. The van der Waals surface area contributed by atoms with Crippen molar-refractivity contribution in [3.05, 3.63) is 11.6 Å². The van der Waals surface area contributed by atoms with Crippen LogP contribution in [-0.4, -0.2) is 50.5 Å². The van der Waals surface area contributed by atoms with Gasteiger partial charge in [0.05, 0.1) is 11.2 Å². The molecule has 1 amide bonds. The lowest BCUT2D eigenvalue weighted by Crippen LogP contribution is -2.62. The Labute approximate surface area is 131 Å². The molecule has 1 saturated heterocycles. The molecule has 1 fully saturated rings. The molecule has 0 radical (unpaired) electrons. The van der Waals surface area contributed by atoms with Crippen LogP contribution >= 0.6 is 23.1 Å². The molecule has 2 heterocycles. The number of rotatable bonds is 4. The first-order valence-corrected chi connectivity index (χ1v) is 8.17. The number of carbonyl (C=O) groups is 2. The predicted molar refractivity (Wildman–Crippen MR) is 80.8 cm³/mol. The van der Waals surface area contributed by atoms with Gasteiger partial charge in [-0.25, -0.2) is 9.78 Å². The summed E-state index contributed by atoms with van der Waals surface area (Å²) in [6.07, 6.45) is 1.28. The Balaban J connectivity index is 1.99. The van der Waals surface area contributed by atoms with E-state index < -0.39 is 22.4 Å². The number of ether oxygens (including phenoxy) is 1. The van der Waals surface area contributed by atoms with Crippen LogP contribution in [0.15, 0.2) is 15.9 Å². The van der Waals surface area contributed by atoms with Crippen LogP contribution < -0.4 is 0 Å². The van der Waals surface area contributed by atoms with E-state index in [9.17, 15) is 9.59 Å². The smallest absolute Gasteiger partial charge is 0.410 e. The molecular weight excluding hydrogens is 312 g/mol. The van der Waals surface area contributed by atoms with E-state index in [1.807, 2.05) is 5.38 Å². The molecule has 0 aromatic carbocycles. The number of nitrogens with zero attached hydrogens (tertiary/aromatic N) is 2. The molecule has 21 heavy (non-hydrogen) atoms. The summed E-state index contributed by atoms with van der Waals surface area (Å²) in [7, 11) is 0. The third-order valence-corrected chi connectivity index (χ3v) is 5.02. The lowest BCUT2D eigenvalue weighted by molar-refractivity contribution is -0.138. The first-order chi connectivity index (χ1) is 9.69. The fourth-order valence-electron chi connectivity index (χ4n) is 2.04. The summed E-state index contributed by atoms with van der Waals surface area (Å²) >= 11 is 2.90. The van der Waals surface area contributed by atoms with Crippen molar-refractivity contribution < 1.29 is 19.4 Å². The van der Waals surface area contributed by atoms with Crippen molar-refractivity contribution in [2.45, 2.75) is 41.9 Å². The molecule has 1 aromatic rings. The molecule has 2 rings (SSSR count). The summed E-state index contributed by atoms with van der Waals surface area (Å²) in [5, 5.41) is 10.9. The molecule has 116 valence electrons. The molecule has 1 aliphatic rings. The SMILES string of the molecule is CC(C)(C)OC(=O)N1CC(CC(=O)O)(Sc2nccs2)C1. The summed E-state index contributed by atoms with van der Waals surface area (Å²) in [5.74, 6) is -0.872. The average Bonchev–Trinajstić information content (AvgIpc) is 2.74. The van der Waals surface area contributed by atoms with E-state index >= 15 is 0 Å². The van der Waals surface area contributed by atoms with E-state index in [4.69, 9.17) is 9.84 Å². The molecule has 0 saturated carbocycles. The number of aliphatic carboxylic acids is 1.